The van der Waals surface area contributed by atoms with Crippen molar-refractivity contribution in [1.29, 1.82) is 0 Å². The van der Waals surface area contributed by atoms with Crippen LogP contribution in [0.15, 0.2) is 0 Å². The fraction of sp³-hybridized carbons (Fsp3) is 0.875. The van der Waals surface area contributed by atoms with Crippen LogP contribution in [0.4, 0.5) is 0 Å². The molecule has 0 aliphatic carbocycles. The van der Waals surface area contributed by atoms with Crippen molar-refractivity contribution in [1.82, 2.24) is 0 Å². The molecule has 2 saturated heterocycles. The first kappa shape index (κ1) is 22.4. The standard InChI is InChI=1S/2C8H14O2S2/c2*9-8(10)4-2-1-3-7-5-6-11-12-7/h2*7H,1-6H2,(H,9,10)/t2*7-/m10/s1. The number of rotatable bonds is 10. The molecule has 0 amide bonds. The summed E-state index contributed by atoms with van der Waals surface area (Å²) in [4.78, 5) is 20.4. The van der Waals surface area contributed by atoms with Crippen molar-refractivity contribution in [2.75, 3.05) is 11.5 Å². The van der Waals surface area contributed by atoms with Gasteiger partial charge < -0.3 is 10.2 Å². The van der Waals surface area contributed by atoms with Crippen LogP contribution < -0.4 is 0 Å². The Morgan fingerprint density at radius 3 is 1.46 bits per heavy atom. The fourth-order valence-electron chi connectivity index (χ4n) is 2.43. The number of carboxylic acids is 2. The molecule has 2 fully saturated rings. The van der Waals surface area contributed by atoms with Gasteiger partial charge in [-0.1, -0.05) is 56.0 Å². The zero-order chi connectivity index (χ0) is 17.6. The van der Waals surface area contributed by atoms with Crippen molar-refractivity contribution in [2.24, 2.45) is 0 Å². The number of aliphatic carboxylic acids is 2. The molecule has 0 saturated carbocycles. The van der Waals surface area contributed by atoms with E-state index in [1.54, 1.807) is 0 Å². The molecule has 2 rings (SSSR count). The molecular formula is C16H28O4S4. The number of hydrogen-bond acceptors (Lipinski definition) is 6. The molecule has 0 bridgehead atoms. The van der Waals surface area contributed by atoms with Crippen LogP contribution in [-0.2, 0) is 9.59 Å². The summed E-state index contributed by atoms with van der Waals surface area (Å²) < 4.78 is 0. The minimum atomic E-state index is -0.663. The average Bonchev–Trinajstić information content (AvgIpc) is 3.22. The molecule has 0 radical (unpaired) electrons. The van der Waals surface area contributed by atoms with Gasteiger partial charge in [0.1, 0.15) is 0 Å². The summed E-state index contributed by atoms with van der Waals surface area (Å²) in [6, 6.07) is 0. The van der Waals surface area contributed by atoms with Crippen LogP contribution in [0.25, 0.3) is 0 Å². The van der Waals surface area contributed by atoms with Crippen molar-refractivity contribution in [3.8, 4) is 0 Å². The Bertz CT molecular complexity index is 322. The maximum atomic E-state index is 10.2. The maximum absolute atomic E-state index is 10.2. The number of hydrogen-bond donors (Lipinski definition) is 2. The summed E-state index contributed by atoms with van der Waals surface area (Å²) in [5, 5.41) is 18.4. The second kappa shape index (κ2) is 14.5. The summed E-state index contributed by atoms with van der Waals surface area (Å²) >= 11 is 0. The highest BCUT2D eigenvalue weighted by Crippen LogP contribution is 2.40. The third-order valence-corrected chi connectivity index (χ3v) is 9.80. The molecule has 140 valence electrons. The summed E-state index contributed by atoms with van der Waals surface area (Å²) in [6.45, 7) is 0. The van der Waals surface area contributed by atoms with Crippen LogP contribution in [0.2, 0.25) is 0 Å². The van der Waals surface area contributed by atoms with Gasteiger partial charge in [-0.3, -0.25) is 9.59 Å². The Kier molecular flexibility index (Phi) is 13.5. The van der Waals surface area contributed by atoms with Gasteiger partial charge in [0.15, 0.2) is 0 Å². The lowest BCUT2D eigenvalue weighted by Crippen LogP contribution is -1.99. The predicted octanol–water partition coefficient (Wildman–Crippen LogP) is 5.57. The van der Waals surface area contributed by atoms with Gasteiger partial charge in [0.05, 0.1) is 0 Å². The summed E-state index contributed by atoms with van der Waals surface area (Å²) in [6.07, 6.45) is 9.53. The van der Waals surface area contributed by atoms with E-state index in [0.29, 0.717) is 12.8 Å². The van der Waals surface area contributed by atoms with E-state index >= 15 is 0 Å². The highest BCUT2D eigenvalue weighted by molar-refractivity contribution is 8.77. The number of carbonyl (C=O) groups is 2. The summed E-state index contributed by atoms with van der Waals surface area (Å²) in [5.74, 6) is 1.22. The third kappa shape index (κ3) is 12.7. The molecule has 0 unspecified atom stereocenters. The summed E-state index contributed by atoms with van der Waals surface area (Å²) in [7, 11) is 7.83. The van der Waals surface area contributed by atoms with Gasteiger partial charge in [-0.25, -0.2) is 0 Å². The lowest BCUT2D eigenvalue weighted by molar-refractivity contribution is -0.138. The summed E-state index contributed by atoms with van der Waals surface area (Å²) in [5.41, 5.74) is 0. The molecular weight excluding hydrogens is 384 g/mol. The van der Waals surface area contributed by atoms with Crippen molar-refractivity contribution >= 4 is 55.1 Å². The quantitative estimate of drug-likeness (QED) is 0.356. The van der Waals surface area contributed by atoms with Crippen molar-refractivity contribution in [3.63, 3.8) is 0 Å². The second-order valence-corrected chi connectivity index (χ2v) is 11.5. The van der Waals surface area contributed by atoms with Crippen LogP contribution in [0.3, 0.4) is 0 Å². The van der Waals surface area contributed by atoms with E-state index in [0.717, 1.165) is 36.2 Å². The van der Waals surface area contributed by atoms with Crippen LogP contribution in [0, 0.1) is 0 Å². The zero-order valence-corrected chi connectivity index (χ0v) is 17.2. The van der Waals surface area contributed by atoms with E-state index in [2.05, 4.69) is 0 Å². The first-order valence-corrected chi connectivity index (χ1v) is 13.3. The van der Waals surface area contributed by atoms with Crippen LogP contribution >= 0.6 is 43.2 Å². The maximum Gasteiger partial charge on any atom is 0.303 e. The largest absolute Gasteiger partial charge is 0.481 e. The smallest absolute Gasteiger partial charge is 0.303 e. The van der Waals surface area contributed by atoms with Gasteiger partial charge in [-0.15, -0.1) is 0 Å². The Morgan fingerprint density at radius 2 is 1.17 bits per heavy atom. The normalized spacial score (nSPS) is 22.8. The molecule has 2 aliphatic rings. The van der Waals surface area contributed by atoms with Gasteiger partial charge in [-0.2, -0.15) is 0 Å². The van der Waals surface area contributed by atoms with Gasteiger partial charge in [0.25, 0.3) is 0 Å². The third-order valence-electron chi connectivity index (χ3n) is 3.79. The van der Waals surface area contributed by atoms with E-state index in [1.807, 2.05) is 43.2 Å². The van der Waals surface area contributed by atoms with Crippen LogP contribution in [0.1, 0.15) is 64.2 Å². The Morgan fingerprint density at radius 1 is 0.750 bits per heavy atom. The van der Waals surface area contributed by atoms with Gasteiger partial charge >= 0.3 is 11.9 Å². The zero-order valence-electron chi connectivity index (χ0n) is 14.0. The molecule has 0 spiro atoms. The predicted molar refractivity (Wildman–Crippen MR) is 109 cm³/mol. The first-order chi connectivity index (χ1) is 11.6. The second-order valence-electron chi connectivity index (χ2n) is 5.94. The van der Waals surface area contributed by atoms with Crippen molar-refractivity contribution in [3.05, 3.63) is 0 Å². The van der Waals surface area contributed by atoms with Gasteiger partial charge in [0, 0.05) is 34.8 Å². The molecule has 24 heavy (non-hydrogen) atoms. The van der Waals surface area contributed by atoms with Crippen molar-refractivity contribution in [2.45, 2.75) is 74.7 Å². The molecule has 0 aromatic carbocycles. The minimum Gasteiger partial charge on any atom is -0.481 e. The van der Waals surface area contributed by atoms with Gasteiger partial charge in [-0.05, 0) is 38.5 Å². The molecule has 2 atom stereocenters. The molecule has 2 N–H and O–H groups in total. The van der Waals surface area contributed by atoms with Crippen molar-refractivity contribution < 1.29 is 19.8 Å². The minimum absolute atomic E-state index is 0.338. The Hall–Kier alpha value is 0.340. The lowest BCUT2D eigenvalue weighted by atomic mass is 10.1. The highest BCUT2D eigenvalue weighted by atomic mass is 33.1. The average molecular weight is 413 g/mol. The van der Waals surface area contributed by atoms with E-state index in [1.165, 1.54) is 37.2 Å². The van der Waals surface area contributed by atoms with Gasteiger partial charge in [0.2, 0.25) is 0 Å². The Balaban J connectivity index is 0.000000240. The van der Waals surface area contributed by atoms with E-state index in [4.69, 9.17) is 10.2 Å². The Labute approximate surface area is 160 Å². The van der Waals surface area contributed by atoms with E-state index in [-0.39, 0.29) is 0 Å². The first-order valence-electron chi connectivity index (χ1n) is 8.58. The lowest BCUT2D eigenvalue weighted by Gasteiger charge is -2.04. The molecule has 4 nitrogen and oxygen atoms in total. The SMILES string of the molecule is O=C(O)CCCC[C@@H]1CCSS1.O=C(O)CCCC[C@H]1CCSS1. The van der Waals surface area contributed by atoms with Crippen LogP contribution in [0.5, 0.6) is 0 Å². The fourth-order valence-corrected chi connectivity index (χ4v) is 8.48. The molecule has 0 aromatic heterocycles. The van der Waals surface area contributed by atoms with Crippen LogP contribution in [-0.4, -0.2) is 44.2 Å². The molecule has 0 aromatic rings. The molecule has 8 heteroatoms. The van der Waals surface area contributed by atoms with E-state index in [9.17, 15) is 9.59 Å². The van der Waals surface area contributed by atoms with E-state index < -0.39 is 11.9 Å². The monoisotopic (exact) mass is 412 g/mol. The number of carboxylic acid groups (broad SMARTS) is 2. The topological polar surface area (TPSA) is 74.6 Å². The molecule has 2 heterocycles. The number of unbranched alkanes of at least 4 members (excludes halogenated alkanes) is 2. The highest BCUT2D eigenvalue weighted by Gasteiger charge is 2.16. The molecule has 2 aliphatic heterocycles.